The zero-order valence-electron chi connectivity index (χ0n) is 17.3. The summed E-state index contributed by atoms with van der Waals surface area (Å²) in [4.78, 5) is 22.9. The molecule has 0 unspecified atom stereocenters. The number of nitro groups is 1. The molecule has 0 atom stereocenters. The Labute approximate surface area is 183 Å². The second kappa shape index (κ2) is 8.61. The normalized spacial score (nSPS) is 10.5. The number of methoxy groups -OCH3 is 1. The van der Waals surface area contributed by atoms with Crippen molar-refractivity contribution in [2.75, 3.05) is 12.4 Å². The van der Waals surface area contributed by atoms with Crippen LogP contribution in [0.5, 0.6) is 11.5 Å². The van der Waals surface area contributed by atoms with Gasteiger partial charge in [0.2, 0.25) is 0 Å². The zero-order chi connectivity index (χ0) is 22.7. The summed E-state index contributed by atoms with van der Waals surface area (Å²) in [6.45, 7) is 0.0554. The molecule has 0 aliphatic heterocycles. The molecule has 4 aromatic rings. The summed E-state index contributed by atoms with van der Waals surface area (Å²) in [6.07, 6.45) is 8.34. The van der Waals surface area contributed by atoms with Crippen molar-refractivity contribution >= 4 is 28.4 Å². The number of nitrogens with one attached hydrogen (secondary N) is 1. The molecular weight excluding hydrogens is 412 g/mol. The van der Waals surface area contributed by atoms with Gasteiger partial charge in [-0.05, 0) is 29.2 Å². The monoisotopic (exact) mass is 430 g/mol. The molecule has 32 heavy (non-hydrogen) atoms. The van der Waals surface area contributed by atoms with Gasteiger partial charge in [-0.25, -0.2) is 14.5 Å². The van der Waals surface area contributed by atoms with E-state index in [0.717, 1.165) is 11.3 Å². The van der Waals surface area contributed by atoms with E-state index >= 15 is 0 Å². The van der Waals surface area contributed by atoms with Crippen LogP contribution in [0.25, 0.3) is 10.9 Å². The largest absolute Gasteiger partial charge is 0.493 e. The van der Waals surface area contributed by atoms with Crippen molar-refractivity contribution in [3.63, 3.8) is 0 Å². The van der Waals surface area contributed by atoms with Crippen molar-refractivity contribution in [1.82, 2.24) is 19.5 Å². The number of aromatic nitrogens is 4. The Balaban J connectivity index is 1.67. The average molecular weight is 430 g/mol. The lowest BCUT2D eigenvalue weighted by molar-refractivity contribution is -0.396. The van der Waals surface area contributed by atoms with Gasteiger partial charge in [0.25, 0.3) is 0 Å². The Kier molecular flexibility index (Phi) is 5.55. The Morgan fingerprint density at radius 2 is 2.06 bits per heavy atom. The second-order valence-corrected chi connectivity index (χ2v) is 6.75. The van der Waals surface area contributed by atoms with Gasteiger partial charge >= 0.3 is 5.95 Å². The molecular formula is C22H18N6O4. The third-order valence-corrected chi connectivity index (χ3v) is 4.81. The lowest BCUT2D eigenvalue weighted by Gasteiger charge is -2.13. The van der Waals surface area contributed by atoms with Crippen LogP contribution < -0.4 is 14.8 Å². The van der Waals surface area contributed by atoms with Crippen LogP contribution in [0.3, 0.4) is 0 Å². The number of nitrogens with zero attached hydrogens (tertiary/aromatic N) is 5. The third-order valence-electron chi connectivity index (χ3n) is 4.81. The summed E-state index contributed by atoms with van der Waals surface area (Å²) < 4.78 is 12.7. The van der Waals surface area contributed by atoms with Gasteiger partial charge in [-0.1, -0.05) is 17.0 Å². The Hall–Kier alpha value is -4.65. The molecule has 0 aliphatic rings. The fourth-order valence-corrected chi connectivity index (χ4v) is 3.15. The first-order chi connectivity index (χ1) is 15.5. The summed E-state index contributed by atoms with van der Waals surface area (Å²) >= 11 is 0. The maximum atomic E-state index is 11.0. The molecule has 0 amide bonds. The number of imidazole rings is 1. The van der Waals surface area contributed by atoms with Gasteiger partial charge < -0.3 is 24.9 Å². The Morgan fingerprint density at radius 1 is 1.22 bits per heavy atom. The van der Waals surface area contributed by atoms with E-state index in [1.54, 1.807) is 19.2 Å². The highest BCUT2D eigenvalue weighted by molar-refractivity contribution is 5.93. The molecule has 10 heteroatoms. The van der Waals surface area contributed by atoms with E-state index in [2.05, 4.69) is 26.2 Å². The summed E-state index contributed by atoms with van der Waals surface area (Å²) in [5.74, 6) is 3.80. The molecule has 2 aromatic heterocycles. The van der Waals surface area contributed by atoms with Crippen LogP contribution in [0, 0.1) is 22.5 Å². The predicted octanol–water partition coefficient (Wildman–Crippen LogP) is 3.58. The second-order valence-electron chi connectivity index (χ2n) is 6.75. The van der Waals surface area contributed by atoms with E-state index in [9.17, 15) is 10.1 Å². The molecule has 4 rings (SSSR count). The van der Waals surface area contributed by atoms with Crippen LogP contribution in [0.4, 0.5) is 17.5 Å². The molecule has 0 bridgehead atoms. The summed E-state index contributed by atoms with van der Waals surface area (Å²) in [6, 6.07) is 10.9. The van der Waals surface area contributed by atoms with E-state index in [1.165, 1.54) is 24.2 Å². The third kappa shape index (κ3) is 3.99. The van der Waals surface area contributed by atoms with Gasteiger partial charge in [-0.15, -0.1) is 6.42 Å². The van der Waals surface area contributed by atoms with Crippen molar-refractivity contribution in [2.45, 2.75) is 6.61 Å². The predicted molar refractivity (Wildman–Crippen MR) is 118 cm³/mol. The fourth-order valence-electron chi connectivity index (χ4n) is 3.15. The van der Waals surface area contributed by atoms with Crippen molar-refractivity contribution in [2.24, 2.45) is 7.05 Å². The first kappa shape index (κ1) is 20.6. The van der Waals surface area contributed by atoms with Gasteiger partial charge in [0.1, 0.15) is 24.9 Å². The van der Waals surface area contributed by atoms with Crippen LogP contribution in [0.1, 0.15) is 11.3 Å². The number of hydrogen-bond acceptors (Lipinski definition) is 8. The van der Waals surface area contributed by atoms with Crippen LogP contribution in [-0.2, 0) is 13.7 Å². The number of benzene rings is 2. The maximum absolute atomic E-state index is 11.0. The number of hydrogen-bond donors (Lipinski definition) is 1. The van der Waals surface area contributed by atoms with Crippen LogP contribution in [0.2, 0.25) is 0 Å². The number of terminal acetylenes is 1. The SMILES string of the molecule is C#Cc1cccc(Nc2ncnc3cc(OC)c(OCc4cnc([N+](=O)[O-])n4C)cc23)c1. The van der Waals surface area contributed by atoms with Crippen LogP contribution in [0.15, 0.2) is 48.9 Å². The minimum Gasteiger partial charge on any atom is -0.493 e. The standard InChI is InChI=1S/C22H18N6O4/c1-4-14-6-5-7-15(8-14)26-21-17-9-20(19(31-3)10-18(17)24-13-25-21)32-12-16-11-23-22(27(16)2)28(29)30/h1,5-11,13H,12H2,2-3H3,(H,24,25,26). The molecule has 2 heterocycles. The van der Waals surface area contributed by atoms with Gasteiger partial charge in [0.05, 0.1) is 19.7 Å². The molecule has 0 aliphatic carbocycles. The van der Waals surface area contributed by atoms with E-state index < -0.39 is 4.92 Å². The highest BCUT2D eigenvalue weighted by Crippen LogP contribution is 2.35. The lowest BCUT2D eigenvalue weighted by atomic mass is 10.2. The van der Waals surface area contributed by atoms with Gasteiger partial charge in [-0.3, -0.25) is 0 Å². The molecule has 0 fully saturated rings. The van der Waals surface area contributed by atoms with Crippen LogP contribution >= 0.6 is 0 Å². The molecule has 1 N–H and O–H groups in total. The number of rotatable bonds is 7. The lowest BCUT2D eigenvalue weighted by Crippen LogP contribution is -2.05. The number of ether oxygens (including phenoxy) is 2. The van der Waals surface area contributed by atoms with Crippen molar-refractivity contribution in [3.05, 3.63) is 70.3 Å². The van der Waals surface area contributed by atoms with E-state index in [-0.39, 0.29) is 12.6 Å². The molecule has 0 saturated heterocycles. The minimum absolute atomic E-state index is 0.0554. The van der Waals surface area contributed by atoms with Crippen molar-refractivity contribution in [3.8, 4) is 23.8 Å². The first-order valence-electron chi connectivity index (χ1n) is 9.44. The smallest absolute Gasteiger partial charge is 0.434 e. The van der Waals surface area contributed by atoms with Gasteiger partial charge in [0, 0.05) is 22.7 Å². The van der Waals surface area contributed by atoms with Gasteiger partial charge in [0.15, 0.2) is 17.2 Å². The molecule has 10 nitrogen and oxygen atoms in total. The van der Waals surface area contributed by atoms with E-state index in [0.29, 0.717) is 33.9 Å². The van der Waals surface area contributed by atoms with Gasteiger partial charge in [-0.2, -0.15) is 0 Å². The molecule has 0 saturated carbocycles. The minimum atomic E-state index is -0.551. The molecule has 0 radical (unpaired) electrons. The quantitative estimate of drug-likeness (QED) is 0.269. The van der Waals surface area contributed by atoms with Crippen molar-refractivity contribution < 1.29 is 14.4 Å². The number of fused-ring (bicyclic) bond motifs is 1. The Bertz CT molecular complexity index is 1360. The average Bonchev–Trinajstić information content (AvgIpc) is 3.18. The highest BCUT2D eigenvalue weighted by atomic mass is 16.6. The van der Waals surface area contributed by atoms with E-state index in [4.69, 9.17) is 15.9 Å². The summed E-state index contributed by atoms with van der Waals surface area (Å²) in [7, 11) is 3.08. The highest BCUT2D eigenvalue weighted by Gasteiger charge is 2.19. The molecule has 0 spiro atoms. The molecule has 160 valence electrons. The zero-order valence-corrected chi connectivity index (χ0v) is 17.3. The maximum Gasteiger partial charge on any atom is 0.434 e. The number of anilines is 2. The van der Waals surface area contributed by atoms with Crippen molar-refractivity contribution in [1.29, 1.82) is 0 Å². The Morgan fingerprint density at radius 3 is 2.78 bits per heavy atom. The summed E-state index contributed by atoms with van der Waals surface area (Å²) in [5, 5.41) is 15.0. The summed E-state index contributed by atoms with van der Waals surface area (Å²) in [5.41, 5.74) is 2.70. The van der Waals surface area contributed by atoms with Crippen LogP contribution in [-0.4, -0.2) is 31.6 Å². The molecule has 2 aromatic carbocycles. The topological polar surface area (TPSA) is 117 Å². The first-order valence-corrected chi connectivity index (χ1v) is 9.44. The van der Waals surface area contributed by atoms with E-state index in [1.807, 2.05) is 24.3 Å². The fraction of sp³-hybridized carbons (Fsp3) is 0.136.